The molecule has 0 saturated heterocycles. The predicted molar refractivity (Wildman–Crippen MR) is 75.0 cm³/mol. The molecule has 0 bridgehead atoms. The number of benzene rings is 1. The Balaban J connectivity index is 2.40. The minimum Gasteiger partial charge on any atom is -0.493 e. The maximum atomic E-state index is 13.4. The summed E-state index contributed by atoms with van der Waals surface area (Å²) in [7, 11) is 0. The second-order valence-corrected chi connectivity index (χ2v) is 4.91. The smallest absolute Gasteiger partial charge is 0.129 e. The van der Waals surface area contributed by atoms with Crippen LogP contribution in [-0.4, -0.2) is 12.4 Å². The normalized spacial score (nSPS) is 10.5. The van der Waals surface area contributed by atoms with Gasteiger partial charge in [-0.3, -0.25) is 0 Å². The lowest BCUT2D eigenvalue weighted by atomic mass is 10.0. The number of unbranched alkanes of at least 4 members (excludes halogenated alkanes) is 2. The molecule has 0 amide bonds. The standard InChI is InChI=1S/C16H23FO2/c1-3-9-19-16-11-14(10-15(17)12-16)8-6-4-5-7-13(2)18/h10-12H,3-9H2,1-2H3. The van der Waals surface area contributed by atoms with Crippen molar-refractivity contribution in [3.05, 3.63) is 29.6 Å². The van der Waals surface area contributed by atoms with Crippen molar-refractivity contribution in [2.24, 2.45) is 0 Å². The average molecular weight is 266 g/mol. The fraction of sp³-hybridized carbons (Fsp3) is 0.562. The number of carbonyl (C=O) groups is 1. The van der Waals surface area contributed by atoms with Crippen LogP contribution in [0.1, 0.15) is 51.5 Å². The second kappa shape index (κ2) is 8.68. The van der Waals surface area contributed by atoms with E-state index in [-0.39, 0.29) is 11.6 Å². The summed E-state index contributed by atoms with van der Waals surface area (Å²) in [4.78, 5) is 10.8. The Labute approximate surface area is 115 Å². The number of aryl methyl sites for hydroxylation is 1. The fourth-order valence-electron chi connectivity index (χ4n) is 1.95. The van der Waals surface area contributed by atoms with Crippen LogP contribution < -0.4 is 4.74 Å². The Kier molecular flexibility index (Phi) is 7.16. The molecule has 0 atom stereocenters. The number of Topliss-reactive ketones (excluding diaryl/α,β-unsaturated/α-hetero) is 1. The molecule has 0 aliphatic heterocycles. The van der Waals surface area contributed by atoms with Gasteiger partial charge in [-0.05, 0) is 50.3 Å². The highest BCUT2D eigenvalue weighted by Gasteiger charge is 2.02. The molecule has 0 aliphatic rings. The third kappa shape index (κ3) is 6.94. The van der Waals surface area contributed by atoms with Crippen LogP contribution in [-0.2, 0) is 11.2 Å². The number of hydrogen-bond acceptors (Lipinski definition) is 2. The van der Waals surface area contributed by atoms with Crippen molar-refractivity contribution >= 4 is 5.78 Å². The van der Waals surface area contributed by atoms with Crippen molar-refractivity contribution in [1.82, 2.24) is 0 Å². The van der Waals surface area contributed by atoms with Crippen molar-refractivity contribution in [3.8, 4) is 5.75 Å². The zero-order chi connectivity index (χ0) is 14.1. The van der Waals surface area contributed by atoms with Crippen LogP contribution in [0, 0.1) is 5.82 Å². The summed E-state index contributed by atoms with van der Waals surface area (Å²) in [6.07, 6.45) is 5.29. The highest BCUT2D eigenvalue weighted by molar-refractivity contribution is 5.75. The molecular formula is C16H23FO2. The third-order valence-electron chi connectivity index (χ3n) is 2.90. The zero-order valence-corrected chi connectivity index (χ0v) is 11.9. The molecule has 1 rings (SSSR count). The first-order valence-corrected chi connectivity index (χ1v) is 7.03. The Hall–Kier alpha value is -1.38. The molecule has 19 heavy (non-hydrogen) atoms. The van der Waals surface area contributed by atoms with Gasteiger partial charge >= 0.3 is 0 Å². The minimum atomic E-state index is -0.243. The van der Waals surface area contributed by atoms with Crippen molar-refractivity contribution in [2.75, 3.05) is 6.61 Å². The lowest BCUT2D eigenvalue weighted by molar-refractivity contribution is -0.117. The first-order chi connectivity index (χ1) is 9.11. The fourth-order valence-corrected chi connectivity index (χ4v) is 1.95. The molecule has 2 nitrogen and oxygen atoms in total. The van der Waals surface area contributed by atoms with E-state index < -0.39 is 0 Å². The Morgan fingerprint density at radius 3 is 2.68 bits per heavy atom. The van der Waals surface area contributed by atoms with Crippen molar-refractivity contribution in [2.45, 2.75) is 52.4 Å². The van der Waals surface area contributed by atoms with Gasteiger partial charge in [0.15, 0.2) is 0 Å². The van der Waals surface area contributed by atoms with E-state index in [9.17, 15) is 9.18 Å². The summed E-state index contributed by atoms with van der Waals surface area (Å²) in [5.74, 6) is 0.605. The van der Waals surface area contributed by atoms with E-state index in [1.807, 2.05) is 13.0 Å². The van der Waals surface area contributed by atoms with Crippen LogP contribution in [0.15, 0.2) is 18.2 Å². The van der Waals surface area contributed by atoms with E-state index in [1.165, 1.54) is 6.07 Å². The number of rotatable bonds is 9. The Bertz CT molecular complexity index is 402. The largest absolute Gasteiger partial charge is 0.493 e. The van der Waals surface area contributed by atoms with Crippen LogP contribution >= 0.6 is 0 Å². The molecule has 0 aromatic heterocycles. The van der Waals surface area contributed by atoms with E-state index in [0.29, 0.717) is 18.8 Å². The summed E-state index contributed by atoms with van der Waals surface area (Å²) < 4.78 is 18.9. The van der Waals surface area contributed by atoms with E-state index in [2.05, 4.69) is 0 Å². The number of hydrogen-bond donors (Lipinski definition) is 0. The van der Waals surface area contributed by atoms with Gasteiger partial charge in [0.25, 0.3) is 0 Å². The predicted octanol–water partition coefficient (Wildman–Crippen LogP) is 4.31. The molecule has 1 aromatic carbocycles. The number of ether oxygens (including phenoxy) is 1. The molecule has 3 heteroatoms. The van der Waals surface area contributed by atoms with Gasteiger partial charge < -0.3 is 9.53 Å². The maximum absolute atomic E-state index is 13.4. The molecule has 0 spiro atoms. The van der Waals surface area contributed by atoms with Crippen molar-refractivity contribution in [3.63, 3.8) is 0 Å². The highest BCUT2D eigenvalue weighted by atomic mass is 19.1. The lowest BCUT2D eigenvalue weighted by Gasteiger charge is -2.08. The minimum absolute atomic E-state index is 0.237. The number of carbonyl (C=O) groups excluding carboxylic acids is 1. The van der Waals surface area contributed by atoms with Crippen LogP contribution in [0.4, 0.5) is 4.39 Å². The van der Waals surface area contributed by atoms with Gasteiger partial charge in [0.1, 0.15) is 17.3 Å². The van der Waals surface area contributed by atoms with E-state index in [0.717, 1.165) is 37.7 Å². The average Bonchev–Trinajstić information content (AvgIpc) is 2.35. The van der Waals surface area contributed by atoms with Gasteiger partial charge in [0, 0.05) is 12.5 Å². The second-order valence-electron chi connectivity index (χ2n) is 4.91. The maximum Gasteiger partial charge on any atom is 0.129 e. The summed E-state index contributed by atoms with van der Waals surface area (Å²) in [5, 5.41) is 0. The van der Waals surface area contributed by atoms with Crippen LogP contribution in [0.25, 0.3) is 0 Å². The van der Waals surface area contributed by atoms with Gasteiger partial charge in [-0.1, -0.05) is 13.3 Å². The van der Waals surface area contributed by atoms with E-state index in [4.69, 9.17) is 4.74 Å². The van der Waals surface area contributed by atoms with E-state index >= 15 is 0 Å². The van der Waals surface area contributed by atoms with Gasteiger partial charge in [-0.15, -0.1) is 0 Å². The van der Waals surface area contributed by atoms with Crippen LogP contribution in [0.5, 0.6) is 5.75 Å². The van der Waals surface area contributed by atoms with E-state index in [1.54, 1.807) is 13.0 Å². The van der Waals surface area contributed by atoms with Crippen LogP contribution in [0.2, 0.25) is 0 Å². The Morgan fingerprint density at radius 1 is 1.21 bits per heavy atom. The number of ketones is 1. The monoisotopic (exact) mass is 266 g/mol. The number of halogens is 1. The quantitative estimate of drug-likeness (QED) is 0.623. The molecule has 0 N–H and O–H groups in total. The first-order valence-electron chi connectivity index (χ1n) is 7.03. The summed E-state index contributed by atoms with van der Waals surface area (Å²) >= 11 is 0. The van der Waals surface area contributed by atoms with Crippen molar-refractivity contribution < 1.29 is 13.9 Å². The molecule has 0 fully saturated rings. The molecule has 0 saturated carbocycles. The summed E-state index contributed by atoms with van der Waals surface area (Å²) in [6, 6.07) is 4.89. The van der Waals surface area contributed by atoms with Crippen LogP contribution in [0.3, 0.4) is 0 Å². The summed E-state index contributed by atoms with van der Waals surface area (Å²) in [6.45, 7) is 4.25. The molecule has 0 radical (unpaired) electrons. The van der Waals surface area contributed by atoms with Gasteiger partial charge in [0.05, 0.1) is 6.61 Å². The molecule has 106 valence electrons. The molecular weight excluding hydrogens is 243 g/mol. The zero-order valence-electron chi connectivity index (χ0n) is 11.9. The summed E-state index contributed by atoms with van der Waals surface area (Å²) in [5.41, 5.74) is 0.967. The SMILES string of the molecule is CCCOc1cc(F)cc(CCCCCC(C)=O)c1. The topological polar surface area (TPSA) is 26.3 Å². The van der Waals surface area contributed by atoms with Crippen molar-refractivity contribution in [1.29, 1.82) is 0 Å². The van der Waals surface area contributed by atoms with Gasteiger partial charge in [0.2, 0.25) is 0 Å². The highest BCUT2D eigenvalue weighted by Crippen LogP contribution is 2.18. The van der Waals surface area contributed by atoms with Gasteiger partial charge in [-0.2, -0.15) is 0 Å². The van der Waals surface area contributed by atoms with Gasteiger partial charge in [-0.25, -0.2) is 4.39 Å². The molecule has 0 heterocycles. The third-order valence-corrected chi connectivity index (χ3v) is 2.90. The molecule has 0 unspecified atom stereocenters. The Morgan fingerprint density at radius 2 is 2.00 bits per heavy atom. The molecule has 1 aromatic rings. The first kappa shape index (κ1) is 15.7. The lowest BCUT2D eigenvalue weighted by Crippen LogP contribution is -1.97. The molecule has 0 aliphatic carbocycles.